The molecule has 13 heavy (non-hydrogen) atoms. The highest BCUT2D eigenvalue weighted by Gasteiger charge is 2.18. The summed E-state index contributed by atoms with van der Waals surface area (Å²) in [6.07, 6.45) is 1.05. The Balaban J connectivity index is 3.63. The van der Waals surface area contributed by atoms with Gasteiger partial charge in [0.15, 0.2) is 0 Å². The lowest BCUT2D eigenvalue weighted by Crippen LogP contribution is -2.39. The van der Waals surface area contributed by atoms with E-state index >= 15 is 0 Å². The molecule has 0 aromatic heterocycles. The summed E-state index contributed by atoms with van der Waals surface area (Å²) in [5.74, 6) is 0. The molecule has 0 saturated carbocycles. The highest BCUT2D eigenvalue weighted by atomic mass is 16.5. The van der Waals surface area contributed by atoms with Gasteiger partial charge in [-0.2, -0.15) is 0 Å². The predicted octanol–water partition coefficient (Wildman–Crippen LogP) is 2.58. The van der Waals surface area contributed by atoms with Gasteiger partial charge in [-0.15, -0.1) is 0 Å². The fourth-order valence-electron chi connectivity index (χ4n) is 1.20. The van der Waals surface area contributed by atoms with Gasteiger partial charge in [-0.25, -0.2) is 0 Å². The van der Waals surface area contributed by atoms with E-state index in [0.29, 0.717) is 0 Å². The van der Waals surface area contributed by atoms with Gasteiger partial charge in [-0.05, 0) is 54.5 Å². The predicted molar refractivity (Wildman–Crippen MR) is 58.1 cm³/mol. The Bertz CT molecular complexity index is 136. The monoisotopic (exact) mass is 187 g/mol. The molecule has 2 nitrogen and oxygen atoms in total. The summed E-state index contributed by atoms with van der Waals surface area (Å²) in [5, 5.41) is 3.46. The molecule has 0 aliphatic carbocycles. The van der Waals surface area contributed by atoms with Crippen molar-refractivity contribution >= 4 is 0 Å². The first-order valence-corrected chi connectivity index (χ1v) is 5.16. The van der Waals surface area contributed by atoms with E-state index in [2.05, 4.69) is 39.9 Å². The summed E-state index contributed by atoms with van der Waals surface area (Å²) in [6.45, 7) is 14.7. The molecule has 0 aliphatic heterocycles. The van der Waals surface area contributed by atoms with Gasteiger partial charge < -0.3 is 10.1 Å². The number of hydrogen-bond donors (Lipinski definition) is 1. The fraction of sp³-hybridized carbons (Fsp3) is 1.00. The van der Waals surface area contributed by atoms with Crippen molar-refractivity contribution in [1.82, 2.24) is 5.32 Å². The van der Waals surface area contributed by atoms with Gasteiger partial charge in [0.2, 0.25) is 0 Å². The van der Waals surface area contributed by atoms with Crippen LogP contribution in [0.5, 0.6) is 0 Å². The molecule has 1 N–H and O–H groups in total. The van der Waals surface area contributed by atoms with Crippen LogP contribution >= 0.6 is 0 Å². The molecule has 0 rings (SSSR count). The average molecular weight is 187 g/mol. The van der Waals surface area contributed by atoms with Crippen molar-refractivity contribution in [3.63, 3.8) is 0 Å². The first-order chi connectivity index (χ1) is 5.77. The lowest BCUT2D eigenvalue weighted by molar-refractivity contribution is -0.0164. The Hall–Kier alpha value is -0.0800. The maximum Gasteiger partial charge on any atom is 0.0638 e. The Labute approximate surface area is 83.1 Å². The molecule has 2 heteroatoms. The molecule has 0 aliphatic rings. The lowest BCUT2D eigenvalue weighted by atomic mass is 10.0. The number of nitrogens with one attached hydrogen (secondary N) is 1. The molecular formula is C11H25NO. The van der Waals surface area contributed by atoms with Crippen LogP contribution in [0, 0.1) is 0 Å². The molecule has 0 saturated heterocycles. The molecule has 0 amide bonds. The molecule has 0 spiro atoms. The van der Waals surface area contributed by atoms with Gasteiger partial charge >= 0.3 is 0 Å². The third-order valence-electron chi connectivity index (χ3n) is 1.92. The zero-order valence-corrected chi connectivity index (χ0v) is 10.0. The second-order valence-electron chi connectivity index (χ2n) is 5.12. The quantitative estimate of drug-likeness (QED) is 0.714. The van der Waals surface area contributed by atoms with Crippen molar-refractivity contribution < 1.29 is 4.74 Å². The number of hydrogen-bond acceptors (Lipinski definition) is 2. The van der Waals surface area contributed by atoms with E-state index in [1.807, 2.05) is 6.92 Å². The summed E-state index contributed by atoms with van der Waals surface area (Å²) in [4.78, 5) is 0. The number of rotatable bonds is 5. The lowest BCUT2D eigenvalue weighted by Gasteiger charge is -2.27. The highest BCUT2D eigenvalue weighted by molar-refractivity contribution is 4.75. The van der Waals surface area contributed by atoms with Gasteiger partial charge in [-0.3, -0.25) is 0 Å². The molecule has 0 heterocycles. The first kappa shape index (κ1) is 12.9. The van der Waals surface area contributed by atoms with Crippen LogP contribution in [0.2, 0.25) is 0 Å². The third kappa shape index (κ3) is 8.26. The van der Waals surface area contributed by atoms with E-state index in [1.54, 1.807) is 0 Å². The SMILES string of the molecule is CCOC(C)(C)CCNC(C)(C)C. The van der Waals surface area contributed by atoms with Crippen LogP contribution < -0.4 is 5.32 Å². The van der Waals surface area contributed by atoms with Crippen molar-refractivity contribution in [1.29, 1.82) is 0 Å². The second kappa shape index (κ2) is 4.97. The van der Waals surface area contributed by atoms with Crippen LogP contribution in [0.3, 0.4) is 0 Å². The minimum absolute atomic E-state index is 0.00694. The van der Waals surface area contributed by atoms with Crippen LogP contribution in [-0.2, 0) is 4.74 Å². The summed E-state index contributed by atoms with van der Waals surface area (Å²) in [7, 11) is 0. The zero-order valence-electron chi connectivity index (χ0n) is 10.0. The fourth-order valence-corrected chi connectivity index (χ4v) is 1.20. The van der Waals surface area contributed by atoms with E-state index in [-0.39, 0.29) is 11.1 Å². The van der Waals surface area contributed by atoms with E-state index in [0.717, 1.165) is 19.6 Å². The summed E-state index contributed by atoms with van der Waals surface area (Å²) in [5.41, 5.74) is 0.218. The van der Waals surface area contributed by atoms with Crippen molar-refractivity contribution in [2.75, 3.05) is 13.2 Å². The molecule has 0 aromatic rings. The Morgan fingerprint density at radius 2 is 1.62 bits per heavy atom. The zero-order chi connectivity index (χ0) is 10.5. The first-order valence-electron chi connectivity index (χ1n) is 5.16. The molecule has 0 atom stereocenters. The molecule has 0 unspecified atom stereocenters. The molecule has 0 fully saturated rings. The normalized spacial score (nSPS) is 13.4. The molecule has 0 bridgehead atoms. The maximum absolute atomic E-state index is 5.60. The van der Waals surface area contributed by atoms with E-state index < -0.39 is 0 Å². The Kier molecular flexibility index (Phi) is 4.93. The van der Waals surface area contributed by atoms with Crippen molar-refractivity contribution in [3.8, 4) is 0 Å². The standard InChI is InChI=1S/C11H25NO/c1-7-13-11(5,6)8-9-12-10(2,3)4/h12H,7-9H2,1-6H3. The minimum atomic E-state index is 0.00694. The van der Waals surface area contributed by atoms with Crippen molar-refractivity contribution in [2.24, 2.45) is 0 Å². The Morgan fingerprint density at radius 1 is 1.08 bits per heavy atom. The summed E-state index contributed by atoms with van der Waals surface area (Å²) in [6, 6.07) is 0. The van der Waals surface area contributed by atoms with Gasteiger partial charge in [0, 0.05) is 12.1 Å². The van der Waals surface area contributed by atoms with Crippen LogP contribution in [0.1, 0.15) is 48.0 Å². The molecule has 0 aromatic carbocycles. The highest BCUT2D eigenvalue weighted by Crippen LogP contribution is 2.13. The number of ether oxygens (including phenoxy) is 1. The van der Waals surface area contributed by atoms with E-state index in [4.69, 9.17) is 4.74 Å². The molecule has 0 radical (unpaired) electrons. The van der Waals surface area contributed by atoms with E-state index in [9.17, 15) is 0 Å². The van der Waals surface area contributed by atoms with Crippen molar-refractivity contribution in [2.45, 2.75) is 59.1 Å². The van der Waals surface area contributed by atoms with Crippen molar-refractivity contribution in [3.05, 3.63) is 0 Å². The summed E-state index contributed by atoms with van der Waals surface area (Å²) >= 11 is 0. The largest absolute Gasteiger partial charge is 0.376 e. The summed E-state index contributed by atoms with van der Waals surface area (Å²) < 4.78 is 5.60. The van der Waals surface area contributed by atoms with Gasteiger partial charge in [0.1, 0.15) is 0 Å². The topological polar surface area (TPSA) is 21.3 Å². The van der Waals surface area contributed by atoms with Crippen LogP contribution in [-0.4, -0.2) is 24.3 Å². The van der Waals surface area contributed by atoms with Crippen LogP contribution in [0.15, 0.2) is 0 Å². The smallest absolute Gasteiger partial charge is 0.0638 e. The Morgan fingerprint density at radius 3 is 2.00 bits per heavy atom. The van der Waals surface area contributed by atoms with E-state index in [1.165, 1.54) is 0 Å². The maximum atomic E-state index is 5.60. The minimum Gasteiger partial charge on any atom is -0.376 e. The average Bonchev–Trinajstić information content (AvgIpc) is 1.82. The van der Waals surface area contributed by atoms with Gasteiger partial charge in [-0.1, -0.05) is 0 Å². The van der Waals surface area contributed by atoms with Gasteiger partial charge in [0.05, 0.1) is 5.60 Å². The second-order valence-corrected chi connectivity index (χ2v) is 5.12. The van der Waals surface area contributed by atoms with Gasteiger partial charge in [0.25, 0.3) is 0 Å². The van der Waals surface area contributed by atoms with Crippen LogP contribution in [0.4, 0.5) is 0 Å². The molecule has 80 valence electrons. The van der Waals surface area contributed by atoms with Crippen LogP contribution in [0.25, 0.3) is 0 Å². The third-order valence-corrected chi connectivity index (χ3v) is 1.92. The molecular weight excluding hydrogens is 162 g/mol.